The molecule has 3 heteroatoms. The third-order valence-electron chi connectivity index (χ3n) is 6.85. The van der Waals surface area contributed by atoms with E-state index in [0.29, 0.717) is 5.92 Å². The van der Waals surface area contributed by atoms with E-state index in [9.17, 15) is 5.26 Å². The zero-order valence-corrected chi connectivity index (χ0v) is 18.9. The number of hydrogen-bond donors (Lipinski definition) is 0. The number of nitriles is 1. The van der Waals surface area contributed by atoms with Gasteiger partial charge in [0.05, 0.1) is 11.5 Å². The van der Waals surface area contributed by atoms with Gasteiger partial charge in [-0.05, 0) is 62.0 Å². The third-order valence-corrected chi connectivity index (χ3v) is 6.85. The first-order valence-electron chi connectivity index (χ1n) is 12.0. The van der Waals surface area contributed by atoms with Gasteiger partial charge in [-0.1, -0.05) is 70.2 Å². The molecule has 1 aliphatic carbocycles. The van der Waals surface area contributed by atoms with Crippen LogP contribution in [0.5, 0.6) is 0 Å². The van der Waals surface area contributed by atoms with Crippen molar-refractivity contribution in [3.8, 4) is 17.5 Å². The van der Waals surface area contributed by atoms with Gasteiger partial charge < -0.3 is 0 Å². The average Bonchev–Trinajstić information content (AvgIpc) is 2.80. The van der Waals surface area contributed by atoms with Crippen molar-refractivity contribution in [3.63, 3.8) is 0 Å². The van der Waals surface area contributed by atoms with Crippen LogP contribution in [0.3, 0.4) is 0 Å². The topological polar surface area (TPSA) is 49.6 Å². The Kier molecular flexibility index (Phi) is 8.43. The maximum atomic E-state index is 9.78. The minimum atomic E-state index is -0.0711. The SMILES string of the molecule is CCCCCc1cnc(-c2ccc(C3CCC(C#N)(CCCCC)CC3)cc2)nc1. The van der Waals surface area contributed by atoms with E-state index in [4.69, 9.17) is 0 Å². The molecule has 1 aromatic carbocycles. The summed E-state index contributed by atoms with van der Waals surface area (Å²) < 4.78 is 0. The van der Waals surface area contributed by atoms with E-state index in [2.05, 4.69) is 54.2 Å². The summed E-state index contributed by atoms with van der Waals surface area (Å²) >= 11 is 0. The monoisotopic (exact) mass is 403 g/mol. The van der Waals surface area contributed by atoms with Crippen LogP contribution in [-0.4, -0.2) is 9.97 Å². The van der Waals surface area contributed by atoms with Crippen LogP contribution in [0.1, 0.15) is 102 Å². The molecule has 0 aliphatic heterocycles. The molecule has 0 amide bonds. The predicted molar refractivity (Wildman–Crippen MR) is 124 cm³/mol. The molecule has 1 heterocycles. The molecule has 1 aromatic heterocycles. The minimum absolute atomic E-state index is 0.0711. The van der Waals surface area contributed by atoms with Gasteiger partial charge in [0.2, 0.25) is 0 Å². The standard InChI is InChI=1S/C27H37N3/c1-3-5-7-9-22-19-29-26(30-20-22)25-12-10-23(11-13-25)24-14-17-27(21-28,18-15-24)16-8-6-4-2/h10-13,19-20,24H,3-9,14-18H2,1-2H3. The highest BCUT2D eigenvalue weighted by Crippen LogP contribution is 2.45. The van der Waals surface area contributed by atoms with Crippen LogP contribution in [0, 0.1) is 16.7 Å². The van der Waals surface area contributed by atoms with Gasteiger partial charge in [-0.25, -0.2) is 9.97 Å². The number of benzene rings is 1. The van der Waals surface area contributed by atoms with E-state index >= 15 is 0 Å². The minimum Gasteiger partial charge on any atom is -0.236 e. The Hall–Kier alpha value is -2.21. The molecule has 0 unspecified atom stereocenters. The van der Waals surface area contributed by atoms with E-state index in [1.807, 2.05) is 12.4 Å². The highest BCUT2D eigenvalue weighted by Gasteiger charge is 2.35. The molecule has 160 valence electrons. The second-order valence-electron chi connectivity index (χ2n) is 9.12. The molecule has 30 heavy (non-hydrogen) atoms. The van der Waals surface area contributed by atoms with Crippen molar-refractivity contribution in [2.45, 2.75) is 96.8 Å². The van der Waals surface area contributed by atoms with Gasteiger partial charge in [-0.15, -0.1) is 0 Å². The first-order valence-corrected chi connectivity index (χ1v) is 12.0. The van der Waals surface area contributed by atoms with Crippen LogP contribution in [0.15, 0.2) is 36.7 Å². The van der Waals surface area contributed by atoms with Gasteiger partial charge in [0, 0.05) is 18.0 Å². The normalized spacial score (nSPS) is 21.3. The van der Waals surface area contributed by atoms with Gasteiger partial charge in [0.25, 0.3) is 0 Å². The molecule has 2 aromatic rings. The van der Waals surface area contributed by atoms with E-state index < -0.39 is 0 Å². The third kappa shape index (κ3) is 5.91. The van der Waals surface area contributed by atoms with Gasteiger partial charge in [-0.2, -0.15) is 5.26 Å². The fourth-order valence-electron chi connectivity index (χ4n) is 4.75. The molecule has 3 rings (SSSR count). The van der Waals surface area contributed by atoms with Crippen LogP contribution in [-0.2, 0) is 6.42 Å². The number of nitrogens with zero attached hydrogens (tertiary/aromatic N) is 3. The molecular weight excluding hydrogens is 366 g/mol. The Morgan fingerprint density at radius 1 is 0.933 bits per heavy atom. The highest BCUT2D eigenvalue weighted by atomic mass is 14.9. The average molecular weight is 404 g/mol. The number of aryl methyl sites for hydroxylation is 1. The molecule has 0 spiro atoms. The number of rotatable bonds is 10. The lowest BCUT2D eigenvalue weighted by atomic mass is 9.67. The Morgan fingerprint density at radius 3 is 2.17 bits per heavy atom. The number of hydrogen-bond acceptors (Lipinski definition) is 3. The number of aromatic nitrogens is 2. The van der Waals surface area contributed by atoms with Crippen molar-refractivity contribution >= 4 is 0 Å². The van der Waals surface area contributed by atoms with E-state index in [0.717, 1.165) is 49.9 Å². The van der Waals surface area contributed by atoms with Crippen LogP contribution in [0.25, 0.3) is 11.4 Å². The number of unbranched alkanes of at least 4 members (excludes halogenated alkanes) is 4. The van der Waals surface area contributed by atoms with Gasteiger partial charge in [-0.3, -0.25) is 0 Å². The van der Waals surface area contributed by atoms with Crippen molar-refractivity contribution in [2.75, 3.05) is 0 Å². The molecule has 1 aliphatic rings. The van der Waals surface area contributed by atoms with Crippen molar-refractivity contribution in [3.05, 3.63) is 47.8 Å². The lowest BCUT2D eigenvalue weighted by molar-refractivity contribution is 0.223. The predicted octanol–water partition coefficient (Wildman–Crippen LogP) is 7.62. The van der Waals surface area contributed by atoms with Crippen LogP contribution in [0.4, 0.5) is 0 Å². The molecule has 0 bridgehead atoms. The Labute approximate surface area is 183 Å². The summed E-state index contributed by atoms with van der Waals surface area (Å²) in [7, 11) is 0. The molecule has 3 nitrogen and oxygen atoms in total. The van der Waals surface area contributed by atoms with Crippen molar-refractivity contribution in [1.82, 2.24) is 9.97 Å². The summed E-state index contributed by atoms with van der Waals surface area (Å²) in [6, 6.07) is 11.5. The lowest BCUT2D eigenvalue weighted by Crippen LogP contribution is -2.25. The summed E-state index contributed by atoms with van der Waals surface area (Å²) in [6.07, 6.45) is 17.8. The molecule has 1 saturated carbocycles. The quantitative estimate of drug-likeness (QED) is 0.383. The second-order valence-corrected chi connectivity index (χ2v) is 9.12. The van der Waals surface area contributed by atoms with Crippen molar-refractivity contribution in [1.29, 1.82) is 5.26 Å². The molecule has 0 atom stereocenters. The molecule has 0 N–H and O–H groups in total. The smallest absolute Gasteiger partial charge is 0.159 e. The van der Waals surface area contributed by atoms with E-state index in [-0.39, 0.29) is 5.41 Å². The van der Waals surface area contributed by atoms with Crippen molar-refractivity contribution < 1.29 is 0 Å². The summed E-state index contributed by atoms with van der Waals surface area (Å²) in [5.74, 6) is 1.39. The van der Waals surface area contributed by atoms with Crippen LogP contribution >= 0.6 is 0 Å². The summed E-state index contributed by atoms with van der Waals surface area (Å²) in [6.45, 7) is 4.46. The fourth-order valence-corrected chi connectivity index (χ4v) is 4.75. The maximum Gasteiger partial charge on any atom is 0.159 e. The lowest BCUT2D eigenvalue weighted by Gasteiger charge is -2.35. The van der Waals surface area contributed by atoms with E-state index in [1.54, 1.807) is 0 Å². The largest absolute Gasteiger partial charge is 0.236 e. The Morgan fingerprint density at radius 2 is 1.57 bits per heavy atom. The molecule has 0 radical (unpaired) electrons. The van der Waals surface area contributed by atoms with Gasteiger partial charge in [0.15, 0.2) is 5.82 Å². The molecule has 1 fully saturated rings. The zero-order chi connectivity index (χ0) is 21.2. The second kappa shape index (κ2) is 11.3. The first-order chi connectivity index (χ1) is 14.7. The first kappa shape index (κ1) is 22.5. The summed E-state index contributed by atoms with van der Waals surface area (Å²) in [5, 5.41) is 9.78. The summed E-state index contributed by atoms with van der Waals surface area (Å²) in [5.41, 5.74) is 3.64. The zero-order valence-electron chi connectivity index (χ0n) is 18.9. The Bertz CT molecular complexity index is 793. The Balaban J connectivity index is 1.57. The van der Waals surface area contributed by atoms with Gasteiger partial charge >= 0.3 is 0 Å². The van der Waals surface area contributed by atoms with Crippen LogP contribution in [0.2, 0.25) is 0 Å². The van der Waals surface area contributed by atoms with Crippen LogP contribution < -0.4 is 0 Å². The van der Waals surface area contributed by atoms with Gasteiger partial charge in [0.1, 0.15) is 0 Å². The summed E-state index contributed by atoms with van der Waals surface area (Å²) in [4.78, 5) is 9.18. The highest BCUT2D eigenvalue weighted by molar-refractivity contribution is 5.55. The molecular formula is C27H37N3. The van der Waals surface area contributed by atoms with E-state index in [1.165, 1.54) is 49.7 Å². The fraction of sp³-hybridized carbons (Fsp3) is 0.593. The maximum absolute atomic E-state index is 9.78. The van der Waals surface area contributed by atoms with Crippen molar-refractivity contribution in [2.24, 2.45) is 5.41 Å². The molecule has 0 saturated heterocycles.